The third-order valence-corrected chi connectivity index (χ3v) is 7.05. The molecule has 2 aromatic rings. The molecule has 0 unspecified atom stereocenters. The molecule has 0 spiro atoms. The Bertz CT molecular complexity index is 732. The largest absolute Gasteiger partial charge is 0.465 e. The van der Waals surface area contributed by atoms with E-state index < -0.39 is 10.0 Å². The molecule has 0 saturated carbocycles. The second-order valence-electron chi connectivity index (χ2n) is 5.73. The van der Waals surface area contributed by atoms with Gasteiger partial charge in [-0.1, -0.05) is 6.92 Å². The molecule has 0 saturated heterocycles. The van der Waals surface area contributed by atoms with Crippen LogP contribution in [0.4, 0.5) is 0 Å². The van der Waals surface area contributed by atoms with Gasteiger partial charge in [0.15, 0.2) is 0 Å². The minimum atomic E-state index is -3.51. The van der Waals surface area contributed by atoms with Crippen molar-refractivity contribution in [3.05, 3.63) is 40.7 Å². The molecule has 2 aromatic heterocycles. The van der Waals surface area contributed by atoms with Crippen LogP contribution in [0.15, 0.2) is 32.9 Å². The molecule has 128 valence electrons. The minimum absolute atomic E-state index is 0.253. The molecule has 2 heterocycles. The first-order valence-corrected chi connectivity index (χ1v) is 9.87. The Morgan fingerprint density at radius 3 is 2.39 bits per heavy atom. The van der Waals surface area contributed by atoms with E-state index in [1.807, 2.05) is 51.0 Å². The average Bonchev–Trinajstić information content (AvgIpc) is 3.12. The summed E-state index contributed by atoms with van der Waals surface area (Å²) >= 11 is 1.34. The Morgan fingerprint density at radius 1 is 1.13 bits per heavy atom. The molecule has 0 aliphatic carbocycles. The van der Waals surface area contributed by atoms with Crippen molar-refractivity contribution in [2.75, 3.05) is 27.2 Å². The van der Waals surface area contributed by atoms with Crippen LogP contribution in [0.5, 0.6) is 0 Å². The molecule has 0 aliphatic rings. The maximum Gasteiger partial charge on any atom is 0.253 e. The Hall–Kier alpha value is -1.15. The van der Waals surface area contributed by atoms with Gasteiger partial charge in [-0.25, -0.2) is 8.42 Å². The predicted octanol–water partition coefficient (Wildman–Crippen LogP) is 2.96. The van der Waals surface area contributed by atoms with Crippen molar-refractivity contribution in [3.8, 4) is 0 Å². The van der Waals surface area contributed by atoms with Crippen LogP contribution in [0.25, 0.3) is 0 Å². The van der Waals surface area contributed by atoms with Gasteiger partial charge >= 0.3 is 0 Å². The van der Waals surface area contributed by atoms with Gasteiger partial charge in [-0.3, -0.25) is 0 Å². The van der Waals surface area contributed by atoms with Crippen LogP contribution >= 0.6 is 11.3 Å². The fourth-order valence-electron chi connectivity index (χ4n) is 2.15. The van der Waals surface area contributed by atoms with E-state index in [1.165, 1.54) is 15.6 Å². The monoisotopic (exact) mass is 356 g/mol. The lowest BCUT2D eigenvalue weighted by Gasteiger charge is -2.22. The van der Waals surface area contributed by atoms with Crippen molar-refractivity contribution in [1.82, 2.24) is 9.21 Å². The second-order valence-corrected chi connectivity index (χ2v) is 9.06. The Labute approximate surface area is 142 Å². The predicted molar refractivity (Wildman–Crippen MR) is 93.3 cm³/mol. The van der Waals surface area contributed by atoms with E-state index in [9.17, 15) is 8.42 Å². The molecule has 0 atom stereocenters. The molecule has 23 heavy (non-hydrogen) atoms. The summed E-state index contributed by atoms with van der Waals surface area (Å²) in [7, 11) is 0.356. The molecule has 0 fully saturated rings. The van der Waals surface area contributed by atoms with Crippen LogP contribution < -0.4 is 0 Å². The van der Waals surface area contributed by atoms with E-state index in [-0.39, 0.29) is 6.54 Å². The fourth-order valence-corrected chi connectivity index (χ4v) is 5.00. The van der Waals surface area contributed by atoms with E-state index in [1.54, 1.807) is 6.07 Å². The fraction of sp³-hybridized carbons (Fsp3) is 0.500. The summed E-state index contributed by atoms with van der Waals surface area (Å²) in [5.41, 5.74) is 0. The molecule has 7 heteroatoms. The van der Waals surface area contributed by atoms with Crippen LogP contribution in [0.3, 0.4) is 0 Å². The van der Waals surface area contributed by atoms with Crippen molar-refractivity contribution in [2.45, 2.75) is 31.0 Å². The van der Waals surface area contributed by atoms with Crippen LogP contribution in [-0.4, -0.2) is 44.8 Å². The van der Waals surface area contributed by atoms with Gasteiger partial charge in [0.25, 0.3) is 10.0 Å². The molecule has 0 radical (unpaired) electrons. The molecule has 0 amide bonds. The third kappa shape index (κ3) is 4.67. The van der Waals surface area contributed by atoms with Gasteiger partial charge in [-0.05, 0) is 51.7 Å². The molecule has 0 N–H and O–H groups in total. The highest BCUT2D eigenvalue weighted by Crippen LogP contribution is 2.26. The number of hydrogen-bond acceptors (Lipinski definition) is 5. The summed E-state index contributed by atoms with van der Waals surface area (Å²) in [4.78, 5) is 3.05. The summed E-state index contributed by atoms with van der Waals surface area (Å²) in [5, 5.41) is 0. The van der Waals surface area contributed by atoms with Crippen molar-refractivity contribution < 1.29 is 12.8 Å². The molecule has 0 aliphatic heterocycles. The third-order valence-electron chi connectivity index (χ3n) is 3.50. The number of hydrogen-bond donors (Lipinski definition) is 0. The van der Waals surface area contributed by atoms with Crippen molar-refractivity contribution >= 4 is 21.4 Å². The molecule has 0 bridgehead atoms. The van der Waals surface area contributed by atoms with Crippen molar-refractivity contribution in [1.29, 1.82) is 0 Å². The maximum atomic E-state index is 13.0. The summed E-state index contributed by atoms with van der Waals surface area (Å²) in [5.74, 6) is 1.45. The molecule has 5 nitrogen and oxygen atoms in total. The number of aryl methyl sites for hydroxylation is 2. The van der Waals surface area contributed by atoms with Gasteiger partial charge in [0.1, 0.15) is 15.7 Å². The van der Waals surface area contributed by atoms with E-state index in [2.05, 4.69) is 0 Å². The lowest BCUT2D eigenvalue weighted by atomic mass is 10.4. The van der Waals surface area contributed by atoms with E-state index in [0.717, 1.165) is 17.1 Å². The Balaban J connectivity index is 2.26. The average molecular weight is 357 g/mol. The first kappa shape index (κ1) is 18.2. The molecular weight excluding hydrogens is 332 g/mol. The quantitative estimate of drug-likeness (QED) is 0.730. The van der Waals surface area contributed by atoms with E-state index >= 15 is 0 Å². The zero-order chi connectivity index (χ0) is 17.0. The van der Waals surface area contributed by atoms with Crippen LogP contribution in [-0.2, 0) is 23.0 Å². The van der Waals surface area contributed by atoms with Crippen LogP contribution in [0.1, 0.15) is 23.3 Å². The number of furan rings is 1. The van der Waals surface area contributed by atoms with Gasteiger partial charge in [0, 0.05) is 18.0 Å². The normalized spacial score (nSPS) is 12.4. The molecular formula is C16H24N2O3S2. The van der Waals surface area contributed by atoms with Gasteiger partial charge in [-0.2, -0.15) is 4.31 Å². The maximum absolute atomic E-state index is 13.0. The summed E-state index contributed by atoms with van der Waals surface area (Å²) in [6.07, 6.45) is 0.843. The Kier molecular flexibility index (Phi) is 6.02. The van der Waals surface area contributed by atoms with E-state index in [4.69, 9.17) is 4.42 Å². The number of thiophene rings is 1. The smallest absolute Gasteiger partial charge is 0.253 e. The molecule has 2 rings (SSSR count). The van der Waals surface area contributed by atoms with Crippen molar-refractivity contribution in [3.63, 3.8) is 0 Å². The lowest BCUT2D eigenvalue weighted by molar-refractivity contribution is 0.310. The van der Waals surface area contributed by atoms with Gasteiger partial charge in [0.2, 0.25) is 0 Å². The number of nitrogens with zero attached hydrogens (tertiary/aromatic N) is 2. The zero-order valence-electron chi connectivity index (χ0n) is 14.1. The Morgan fingerprint density at radius 2 is 1.87 bits per heavy atom. The first-order chi connectivity index (χ1) is 10.8. The van der Waals surface area contributed by atoms with Crippen molar-refractivity contribution in [2.24, 2.45) is 0 Å². The molecule has 0 aromatic carbocycles. The number of likely N-dealkylation sites (N-methyl/N-ethyl adjacent to an activating group) is 1. The van der Waals surface area contributed by atoms with Gasteiger partial charge < -0.3 is 9.32 Å². The first-order valence-electron chi connectivity index (χ1n) is 7.62. The minimum Gasteiger partial charge on any atom is -0.465 e. The summed E-state index contributed by atoms with van der Waals surface area (Å²) in [6.45, 7) is 5.22. The second kappa shape index (κ2) is 7.61. The van der Waals surface area contributed by atoms with Crippen LogP contribution in [0.2, 0.25) is 0 Å². The standard InChI is InChI=1S/C16H24N2O3S2/c1-5-15-8-9-16(22-15)23(19,20)18(11-10-17(3)4)12-14-7-6-13(2)21-14/h6-9H,5,10-12H2,1-4H3. The highest BCUT2D eigenvalue weighted by molar-refractivity contribution is 7.91. The number of rotatable bonds is 8. The van der Waals surface area contributed by atoms with Crippen LogP contribution in [0, 0.1) is 6.92 Å². The van der Waals surface area contributed by atoms with E-state index in [0.29, 0.717) is 23.1 Å². The highest BCUT2D eigenvalue weighted by Gasteiger charge is 2.27. The highest BCUT2D eigenvalue weighted by atomic mass is 32.2. The van der Waals surface area contributed by atoms with Gasteiger partial charge in [0.05, 0.1) is 6.54 Å². The lowest BCUT2D eigenvalue weighted by Crippen LogP contribution is -2.35. The van der Waals surface area contributed by atoms with Gasteiger partial charge in [-0.15, -0.1) is 11.3 Å². The summed E-state index contributed by atoms with van der Waals surface area (Å²) < 4.78 is 33.4. The summed E-state index contributed by atoms with van der Waals surface area (Å²) in [6, 6.07) is 7.28. The topological polar surface area (TPSA) is 53.8 Å². The zero-order valence-corrected chi connectivity index (χ0v) is 15.7. The number of sulfonamides is 1. The SMILES string of the molecule is CCc1ccc(S(=O)(=O)N(CCN(C)C)Cc2ccc(C)o2)s1.